The molecule has 2 N–H and O–H groups in total. The Kier molecular flexibility index (Phi) is 4.13. The zero-order valence-corrected chi connectivity index (χ0v) is 12.6. The Bertz CT molecular complexity index is 452. The Morgan fingerprint density at radius 3 is 2.95 bits per heavy atom. The Balaban J connectivity index is 1.52. The summed E-state index contributed by atoms with van der Waals surface area (Å²) in [6, 6.07) is 9.13. The maximum atomic E-state index is 6.48. The molecule has 2 fully saturated rings. The van der Waals surface area contributed by atoms with Gasteiger partial charge in [0, 0.05) is 12.6 Å². The van der Waals surface area contributed by atoms with Gasteiger partial charge in [-0.15, -0.1) is 0 Å². The van der Waals surface area contributed by atoms with Crippen molar-refractivity contribution in [3.05, 3.63) is 35.4 Å². The molecular weight excluding hydrogens is 246 g/mol. The van der Waals surface area contributed by atoms with Gasteiger partial charge >= 0.3 is 0 Å². The smallest absolute Gasteiger partial charge is 0.0685 e. The molecule has 110 valence electrons. The first-order valence-electron chi connectivity index (χ1n) is 8.12. The molecule has 3 rings (SSSR count). The van der Waals surface area contributed by atoms with Crippen LogP contribution in [0.4, 0.5) is 0 Å². The van der Waals surface area contributed by atoms with Gasteiger partial charge in [0.2, 0.25) is 0 Å². The summed E-state index contributed by atoms with van der Waals surface area (Å²) < 4.78 is 6.00. The first-order valence-corrected chi connectivity index (χ1v) is 8.12. The molecule has 1 spiro atoms. The van der Waals surface area contributed by atoms with E-state index in [1.165, 1.54) is 36.8 Å². The van der Waals surface area contributed by atoms with E-state index in [0.717, 1.165) is 25.9 Å². The Morgan fingerprint density at radius 1 is 1.40 bits per heavy atom. The van der Waals surface area contributed by atoms with E-state index in [0.29, 0.717) is 12.0 Å². The van der Waals surface area contributed by atoms with Gasteiger partial charge < -0.3 is 10.5 Å². The van der Waals surface area contributed by atoms with Crippen LogP contribution in [0.1, 0.15) is 49.7 Å². The van der Waals surface area contributed by atoms with Crippen LogP contribution in [0.3, 0.4) is 0 Å². The fourth-order valence-electron chi connectivity index (χ4n) is 3.79. The Morgan fingerprint density at radius 2 is 2.25 bits per heavy atom. The first kappa shape index (κ1) is 14.1. The minimum Gasteiger partial charge on any atom is -0.375 e. The highest BCUT2D eigenvalue weighted by Crippen LogP contribution is 2.45. The van der Waals surface area contributed by atoms with Crippen LogP contribution >= 0.6 is 0 Å². The second-order valence-electron chi connectivity index (χ2n) is 6.83. The molecule has 1 saturated carbocycles. The van der Waals surface area contributed by atoms with Gasteiger partial charge in [0.05, 0.1) is 5.60 Å². The van der Waals surface area contributed by atoms with E-state index < -0.39 is 0 Å². The standard InChI is InChI=1S/C18H27NO/c1-14-4-2-5-15(12-14)6-7-17(19)16-8-11-20-18(13-16)9-3-10-18/h2,4-5,12,16-17H,3,6-11,13,19H2,1H3. The van der Waals surface area contributed by atoms with Gasteiger partial charge in [-0.25, -0.2) is 0 Å². The highest BCUT2D eigenvalue weighted by Gasteiger charge is 2.43. The van der Waals surface area contributed by atoms with Gasteiger partial charge in [0.15, 0.2) is 0 Å². The number of ether oxygens (including phenoxy) is 1. The van der Waals surface area contributed by atoms with Crippen molar-refractivity contribution >= 4 is 0 Å². The molecule has 1 heterocycles. The maximum Gasteiger partial charge on any atom is 0.0685 e. The largest absolute Gasteiger partial charge is 0.375 e. The minimum absolute atomic E-state index is 0.226. The van der Waals surface area contributed by atoms with Crippen LogP contribution < -0.4 is 5.73 Å². The molecule has 0 radical (unpaired) electrons. The van der Waals surface area contributed by atoms with E-state index in [1.807, 2.05) is 0 Å². The summed E-state index contributed by atoms with van der Waals surface area (Å²) in [6.45, 7) is 3.07. The zero-order chi connectivity index (χ0) is 14.0. The monoisotopic (exact) mass is 273 g/mol. The quantitative estimate of drug-likeness (QED) is 0.909. The lowest BCUT2D eigenvalue weighted by molar-refractivity contribution is -0.146. The molecule has 1 aromatic rings. The third-order valence-electron chi connectivity index (χ3n) is 5.25. The lowest BCUT2D eigenvalue weighted by Crippen LogP contribution is -2.49. The molecule has 1 saturated heterocycles. The van der Waals surface area contributed by atoms with E-state index >= 15 is 0 Å². The number of rotatable bonds is 4. The van der Waals surface area contributed by atoms with Crippen molar-refractivity contribution in [3.8, 4) is 0 Å². The molecule has 0 aromatic heterocycles. The topological polar surface area (TPSA) is 35.2 Å². The first-order chi connectivity index (χ1) is 9.67. The number of nitrogens with two attached hydrogens (primary N) is 1. The molecule has 2 nitrogen and oxygen atoms in total. The molecular formula is C18H27NO. The summed E-state index contributed by atoms with van der Waals surface area (Å²) in [5.41, 5.74) is 9.47. The molecule has 1 aliphatic carbocycles. The van der Waals surface area contributed by atoms with Gasteiger partial charge in [-0.3, -0.25) is 0 Å². The maximum absolute atomic E-state index is 6.48. The average Bonchev–Trinajstić information content (AvgIpc) is 2.43. The molecule has 2 atom stereocenters. The molecule has 2 heteroatoms. The highest BCUT2D eigenvalue weighted by atomic mass is 16.5. The van der Waals surface area contributed by atoms with E-state index in [-0.39, 0.29) is 5.60 Å². The molecule has 2 aliphatic rings. The zero-order valence-electron chi connectivity index (χ0n) is 12.6. The van der Waals surface area contributed by atoms with E-state index in [2.05, 4.69) is 31.2 Å². The van der Waals surface area contributed by atoms with Crippen LogP contribution in [-0.4, -0.2) is 18.2 Å². The van der Waals surface area contributed by atoms with Crippen molar-refractivity contribution in [3.63, 3.8) is 0 Å². The molecule has 20 heavy (non-hydrogen) atoms. The van der Waals surface area contributed by atoms with Crippen molar-refractivity contribution < 1.29 is 4.74 Å². The van der Waals surface area contributed by atoms with Crippen molar-refractivity contribution in [2.24, 2.45) is 11.7 Å². The minimum atomic E-state index is 0.226. The molecule has 1 aromatic carbocycles. The third-order valence-corrected chi connectivity index (χ3v) is 5.25. The fraction of sp³-hybridized carbons (Fsp3) is 0.667. The molecule has 1 aliphatic heterocycles. The van der Waals surface area contributed by atoms with E-state index in [9.17, 15) is 0 Å². The van der Waals surface area contributed by atoms with Crippen molar-refractivity contribution in [1.29, 1.82) is 0 Å². The average molecular weight is 273 g/mol. The lowest BCUT2D eigenvalue weighted by Gasteiger charge is -2.48. The summed E-state index contributed by atoms with van der Waals surface area (Å²) in [5.74, 6) is 0.661. The van der Waals surface area contributed by atoms with E-state index in [1.54, 1.807) is 0 Å². The highest BCUT2D eigenvalue weighted by molar-refractivity contribution is 5.22. The van der Waals surface area contributed by atoms with Crippen LogP contribution in [0.2, 0.25) is 0 Å². The van der Waals surface area contributed by atoms with Crippen molar-refractivity contribution in [2.75, 3.05) is 6.61 Å². The van der Waals surface area contributed by atoms with Crippen LogP contribution in [0, 0.1) is 12.8 Å². The van der Waals surface area contributed by atoms with Gasteiger partial charge in [0.25, 0.3) is 0 Å². The van der Waals surface area contributed by atoms with Gasteiger partial charge in [-0.1, -0.05) is 29.8 Å². The van der Waals surface area contributed by atoms with Crippen LogP contribution in [0.5, 0.6) is 0 Å². The van der Waals surface area contributed by atoms with Crippen LogP contribution in [0.15, 0.2) is 24.3 Å². The number of aryl methyl sites for hydroxylation is 2. The number of benzene rings is 1. The number of hydrogen-bond acceptors (Lipinski definition) is 2. The van der Waals surface area contributed by atoms with Crippen LogP contribution in [-0.2, 0) is 11.2 Å². The van der Waals surface area contributed by atoms with Crippen molar-refractivity contribution in [1.82, 2.24) is 0 Å². The number of hydrogen-bond donors (Lipinski definition) is 1. The molecule has 0 bridgehead atoms. The van der Waals surface area contributed by atoms with Gasteiger partial charge in [-0.2, -0.15) is 0 Å². The SMILES string of the molecule is Cc1cccc(CCC(N)C2CCOC3(CCC3)C2)c1. The summed E-state index contributed by atoms with van der Waals surface area (Å²) >= 11 is 0. The van der Waals surface area contributed by atoms with Gasteiger partial charge in [-0.05, 0) is 63.4 Å². The predicted molar refractivity (Wildman–Crippen MR) is 82.7 cm³/mol. The van der Waals surface area contributed by atoms with Gasteiger partial charge in [0.1, 0.15) is 0 Å². The predicted octanol–water partition coefficient (Wildman–Crippen LogP) is 3.60. The third kappa shape index (κ3) is 3.07. The summed E-state index contributed by atoms with van der Waals surface area (Å²) in [7, 11) is 0. The Hall–Kier alpha value is -0.860. The lowest BCUT2D eigenvalue weighted by atomic mass is 9.70. The second kappa shape index (κ2) is 5.87. The summed E-state index contributed by atoms with van der Waals surface area (Å²) in [5, 5.41) is 0. The molecule has 0 amide bonds. The second-order valence-corrected chi connectivity index (χ2v) is 6.83. The summed E-state index contributed by atoms with van der Waals surface area (Å²) in [6.07, 6.45) is 8.41. The summed E-state index contributed by atoms with van der Waals surface area (Å²) in [4.78, 5) is 0. The fourth-order valence-corrected chi connectivity index (χ4v) is 3.79. The molecule has 2 unspecified atom stereocenters. The van der Waals surface area contributed by atoms with Crippen LogP contribution in [0.25, 0.3) is 0 Å². The van der Waals surface area contributed by atoms with Crippen molar-refractivity contribution in [2.45, 2.75) is 63.5 Å². The Labute approximate surface area is 122 Å². The normalized spacial score (nSPS) is 26.2. The van der Waals surface area contributed by atoms with E-state index in [4.69, 9.17) is 10.5 Å².